The summed E-state index contributed by atoms with van der Waals surface area (Å²) in [4.78, 5) is 24.4. The van der Waals surface area contributed by atoms with Crippen molar-refractivity contribution >= 4 is 11.9 Å². The van der Waals surface area contributed by atoms with Crippen LogP contribution in [0.25, 0.3) is 0 Å². The SMILES string of the molecule is CCCCCCCC/C=C\CCCCCCCCCCCC(=O)OCC(CO)OC(=O)CCCCCCCCCCC/C=C\CCCCCCCC. The van der Waals surface area contributed by atoms with Crippen molar-refractivity contribution in [2.45, 2.75) is 251 Å². The third-order valence-electron chi connectivity index (χ3n) is 10.2. The van der Waals surface area contributed by atoms with Crippen molar-refractivity contribution in [1.82, 2.24) is 0 Å². The second-order valence-electron chi connectivity index (χ2n) is 15.5. The molecule has 1 atom stereocenters. The summed E-state index contributed by atoms with van der Waals surface area (Å²) in [6, 6.07) is 0. The number of aliphatic hydroxyl groups excluding tert-OH is 1. The molecule has 1 N–H and O–H groups in total. The van der Waals surface area contributed by atoms with Gasteiger partial charge in [0.2, 0.25) is 0 Å². The van der Waals surface area contributed by atoms with Crippen LogP contribution in [0.15, 0.2) is 24.3 Å². The summed E-state index contributed by atoms with van der Waals surface area (Å²) in [6.45, 7) is 4.15. The van der Waals surface area contributed by atoms with Gasteiger partial charge in [0.25, 0.3) is 0 Å². The maximum Gasteiger partial charge on any atom is 0.306 e. The van der Waals surface area contributed by atoms with E-state index in [0.717, 1.165) is 38.5 Å². The van der Waals surface area contributed by atoms with Gasteiger partial charge in [-0.25, -0.2) is 0 Å². The molecular formula is C47H88O5. The molecule has 5 nitrogen and oxygen atoms in total. The van der Waals surface area contributed by atoms with Gasteiger partial charge in [0.05, 0.1) is 6.61 Å². The van der Waals surface area contributed by atoms with E-state index in [0.29, 0.717) is 12.8 Å². The summed E-state index contributed by atoms with van der Waals surface area (Å²) in [6.07, 6.45) is 52.5. The van der Waals surface area contributed by atoms with E-state index in [1.54, 1.807) is 0 Å². The predicted molar refractivity (Wildman–Crippen MR) is 224 cm³/mol. The van der Waals surface area contributed by atoms with Crippen molar-refractivity contribution in [1.29, 1.82) is 0 Å². The number of unbranched alkanes of at least 4 members (excludes halogenated alkanes) is 30. The Hall–Kier alpha value is -1.62. The van der Waals surface area contributed by atoms with Gasteiger partial charge in [-0.2, -0.15) is 0 Å². The summed E-state index contributed by atoms with van der Waals surface area (Å²) in [5.41, 5.74) is 0. The lowest BCUT2D eigenvalue weighted by Gasteiger charge is -2.15. The Morgan fingerprint density at radius 2 is 0.712 bits per heavy atom. The molecule has 0 aromatic heterocycles. The van der Waals surface area contributed by atoms with Crippen LogP contribution in [0, 0.1) is 0 Å². The molecule has 0 radical (unpaired) electrons. The highest BCUT2D eigenvalue weighted by Crippen LogP contribution is 2.15. The molecule has 0 saturated carbocycles. The number of aliphatic hydroxyl groups is 1. The number of esters is 2. The molecule has 0 aliphatic heterocycles. The molecule has 5 heteroatoms. The largest absolute Gasteiger partial charge is 0.462 e. The third kappa shape index (κ3) is 41.1. The lowest BCUT2D eigenvalue weighted by molar-refractivity contribution is -0.161. The van der Waals surface area contributed by atoms with E-state index in [1.165, 1.54) is 180 Å². The molecule has 1 unspecified atom stereocenters. The number of carbonyl (C=O) groups excluding carboxylic acids is 2. The van der Waals surface area contributed by atoms with E-state index in [4.69, 9.17) is 9.47 Å². The fourth-order valence-corrected chi connectivity index (χ4v) is 6.72. The van der Waals surface area contributed by atoms with E-state index in [-0.39, 0.29) is 25.2 Å². The van der Waals surface area contributed by atoms with Crippen LogP contribution < -0.4 is 0 Å². The zero-order valence-electron chi connectivity index (χ0n) is 34.8. The highest BCUT2D eigenvalue weighted by Gasteiger charge is 2.16. The molecule has 0 aromatic carbocycles. The van der Waals surface area contributed by atoms with Crippen molar-refractivity contribution < 1.29 is 24.2 Å². The number of ether oxygens (including phenoxy) is 2. The maximum absolute atomic E-state index is 12.2. The Morgan fingerprint density at radius 1 is 0.423 bits per heavy atom. The quantitative estimate of drug-likeness (QED) is 0.0384. The van der Waals surface area contributed by atoms with E-state index in [9.17, 15) is 14.7 Å². The molecule has 0 aromatic rings. The fraction of sp³-hybridized carbons (Fsp3) is 0.872. The first-order valence-corrected chi connectivity index (χ1v) is 22.9. The molecular weight excluding hydrogens is 645 g/mol. The van der Waals surface area contributed by atoms with Crippen LogP contribution in [0.2, 0.25) is 0 Å². The Balaban J connectivity index is 3.50. The van der Waals surface area contributed by atoms with Crippen molar-refractivity contribution in [3.05, 3.63) is 24.3 Å². The smallest absolute Gasteiger partial charge is 0.306 e. The molecule has 0 amide bonds. The van der Waals surface area contributed by atoms with Crippen LogP contribution in [-0.4, -0.2) is 36.4 Å². The van der Waals surface area contributed by atoms with Gasteiger partial charge in [0, 0.05) is 12.8 Å². The molecule has 0 heterocycles. The lowest BCUT2D eigenvalue weighted by Crippen LogP contribution is -2.28. The number of hydrogen-bond donors (Lipinski definition) is 1. The second kappa shape index (κ2) is 43.8. The average Bonchev–Trinajstić information content (AvgIpc) is 3.15. The molecule has 0 spiro atoms. The highest BCUT2D eigenvalue weighted by molar-refractivity contribution is 5.70. The fourth-order valence-electron chi connectivity index (χ4n) is 6.72. The predicted octanol–water partition coefficient (Wildman–Crippen LogP) is 14.6. The van der Waals surface area contributed by atoms with Gasteiger partial charge in [-0.15, -0.1) is 0 Å². The summed E-state index contributed by atoms with van der Waals surface area (Å²) < 4.78 is 10.7. The number of carbonyl (C=O) groups is 2. The van der Waals surface area contributed by atoms with Gasteiger partial charge in [0.1, 0.15) is 6.61 Å². The van der Waals surface area contributed by atoms with E-state index >= 15 is 0 Å². The zero-order chi connectivity index (χ0) is 37.8. The molecule has 52 heavy (non-hydrogen) atoms. The van der Waals surface area contributed by atoms with E-state index < -0.39 is 6.10 Å². The minimum absolute atomic E-state index is 0.0640. The molecule has 0 fully saturated rings. The maximum atomic E-state index is 12.2. The summed E-state index contributed by atoms with van der Waals surface area (Å²) in [5.74, 6) is -0.585. The normalized spacial score (nSPS) is 12.3. The first-order chi connectivity index (χ1) is 25.6. The highest BCUT2D eigenvalue weighted by atomic mass is 16.6. The van der Waals surface area contributed by atoms with Crippen molar-refractivity contribution in [3.63, 3.8) is 0 Å². The molecule has 0 saturated heterocycles. The molecule has 306 valence electrons. The first kappa shape index (κ1) is 50.4. The van der Waals surface area contributed by atoms with Gasteiger partial charge in [-0.3, -0.25) is 9.59 Å². The number of hydrogen-bond acceptors (Lipinski definition) is 5. The van der Waals surface area contributed by atoms with Crippen LogP contribution in [0.4, 0.5) is 0 Å². The summed E-state index contributed by atoms with van der Waals surface area (Å²) in [7, 11) is 0. The lowest BCUT2D eigenvalue weighted by atomic mass is 10.1. The van der Waals surface area contributed by atoms with Crippen LogP contribution in [-0.2, 0) is 19.1 Å². The van der Waals surface area contributed by atoms with Crippen LogP contribution in [0.3, 0.4) is 0 Å². The second-order valence-corrected chi connectivity index (χ2v) is 15.5. The summed E-state index contributed by atoms with van der Waals surface area (Å²) >= 11 is 0. The van der Waals surface area contributed by atoms with Gasteiger partial charge in [-0.1, -0.05) is 192 Å². The third-order valence-corrected chi connectivity index (χ3v) is 10.2. The minimum atomic E-state index is -0.770. The molecule has 0 rings (SSSR count). The van der Waals surface area contributed by atoms with Gasteiger partial charge < -0.3 is 14.6 Å². The van der Waals surface area contributed by atoms with Crippen LogP contribution >= 0.6 is 0 Å². The van der Waals surface area contributed by atoms with Gasteiger partial charge in [-0.05, 0) is 64.2 Å². The number of rotatable bonds is 42. The van der Waals surface area contributed by atoms with Crippen molar-refractivity contribution in [2.75, 3.05) is 13.2 Å². The van der Waals surface area contributed by atoms with Gasteiger partial charge in [0.15, 0.2) is 6.10 Å². The molecule has 0 aliphatic rings. The van der Waals surface area contributed by atoms with Gasteiger partial charge >= 0.3 is 11.9 Å². The minimum Gasteiger partial charge on any atom is -0.462 e. The van der Waals surface area contributed by atoms with Crippen molar-refractivity contribution in [3.8, 4) is 0 Å². The topological polar surface area (TPSA) is 72.8 Å². The standard InChI is InChI=1S/C47H88O5/c1-3-5-7-9-11-13-15-17-19-21-23-25-27-29-31-33-35-37-39-41-46(49)51-44-45(43-48)52-47(50)42-40-38-36-34-32-30-28-26-24-22-20-18-16-14-12-10-8-6-4-2/h17-20,45,48H,3-16,21-44H2,1-2H3/b19-17-,20-18-. The first-order valence-electron chi connectivity index (χ1n) is 22.9. The Labute approximate surface area is 323 Å². The Kier molecular flexibility index (Phi) is 42.4. The van der Waals surface area contributed by atoms with Crippen LogP contribution in [0.5, 0.6) is 0 Å². The number of allylic oxidation sites excluding steroid dienone is 4. The van der Waals surface area contributed by atoms with Crippen molar-refractivity contribution in [2.24, 2.45) is 0 Å². The molecule has 0 aliphatic carbocycles. The van der Waals surface area contributed by atoms with E-state index in [1.807, 2.05) is 0 Å². The Morgan fingerprint density at radius 3 is 1.04 bits per heavy atom. The molecule has 0 bridgehead atoms. The average molecular weight is 733 g/mol. The van der Waals surface area contributed by atoms with Crippen LogP contribution in [0.1, 0.15) is 245 Å². The van der Waals surface area contributed by atoms with E-state index in [2.05, 4.69) is 38.2 Å². The summed E-state index contributed by atoms with van der Waals surface area (Å²) in [5, 5.41) is 9.59. The Bertz CT molecular complexity index is 791. The monoisotopic (exact) mass is 733 g/mol. The zero-order valence-corrected chi connectivity index (χ0v) is 34.8.